The van der Waals surface area contributed by atoms with Crippen molar-refractivity contribution in [2.75, 3.05) is 0 Å². The van der Waals surface area contributed by atoms with E-state index in [2.05, 4.69) is 31.0 Å². The number of benzene rings is 1. The molecule has 0 fully saturated rings. The number of fused-ring (bicyclic) bond motifs is 1. The lowest BCUT2D eigenvalue weighted by Gasteiger charge is -1.95. The van der Waals surface area contributed by atoms with Gasteiger partial charge in [0.25, 0.3) is 0 Å². The van der Waals surface area contributed by atoms with E-state index in [-0.39, 0.29) is 24.0 Å². The maximum atomic E-state index is 5.87. The molecule has 0 amide bonds. The summed E-state index contributed by atoms with van der Waals surface area (Å²) in [5, 5.41) is 0. The monoisotopic (exact) mass is 366 g/mol. The summed E-state index contributed by atoms with van der Waals surface area (Å²) < 4.78 is 7.86. The molecule has 0 aliphatic carbocycles. The molecule has 0 N–H and O–H groups in total. The highest BCUT2D eigenvalue weighted by Crippen LogP contribution is 2.26. The topological polar surface area (TPSA) is 29.9 Å². The number of pyridine rings is 1. The molecule has 0 saturated carbocycles. The zero-order valence-electron chi connectivity index (χ0n) is 11.1. The summed E-state index contributed by atoms with van der Waals surface area (Å²) >= 11 is 0. The van der Waals surface area contributed by atoms with Crippen LogP contribution in [0.25, 0.3) is 22.6 Å². The van der Waals surface area contributed by atoms with Gasteiger partial charge < -0.3 is 28.4 Å². The number of rotatable bonds is 1. The highest BCUT2D eigenvalue weighted by molar-refractivity contribution is 5.79. The molecule has 19 heavy (non-hydrogen) atoms. The molecule has 2 aromatic heterocycles. The lowest BCUT2D eigenvalue weighted by Crippen LogP contribution is -3.00. The Morgan fingerprint density at radius 3 is 2.74 bits per heavy atom. The molecule has 0 bridgehead atoms. The number of aromatic nitrogens is 2. The second kappa shape index (κ2) is 5.28. The first-order chi connectivity index (χ1) is 8.63. The lowest BCUT2D eigenvalue weighted by molar-refractivity contribution is -0.671. The van der Waals surface area contributed by atoms with Gasteiger partial charge in [0.15, 0.2) is 18.0 Å². The van der Waals surface area contributed by atoms with E-state index in [9.17, 15) is 0 Å². The molecule has 98 valence electrons. The molecule has 0 radical (unpaired) electrons. The van der Waals surface area contributed by atoms with E-state index >= 15 is 0 Å². The summed E-state index contributed by atoms with van der Waals surface area (Å²) in [6.45, 7) is 4.12. The van der Waals surface area contributed by atoms with Crippen LogP contribution in [0, 0.1) is 13.8 Å². The summed E-state index contributed by atoms with van der Waals surface area (Å²) in [6.07, 6.45) is 3.99. The fraction of sp³-hybridized carbons (Fsp3) is 0.200. The number of hydrogen-bond donors (Lipinski definition) is 0. The van der Waals surface area contributed by atoms with E-state index in [1.807, 2.05) is 36.1 Å². The van der Waals surface area contributed by atoms with Crippen molar-refractivity contribution in [3.63, 3.8) is 0 Å². The van der Waals surface area contributed by atoms with E-state index < -0.39 is 0 Å². The Morgan fingerprint density at radius 1 is 1.21 bits per heavy atom. The van der Waals surface area contributed by atoms with Crippen LogP contribution >= 0.6 is 0 Å². The van der Waals surface area contributed by atoms with Crippen molar-refractivity contribution in [1.82, 2.24) is 4.98 Å². The molecule has 0 saturated heterocycles. The summed E-state index contributed by atoms with van der Waals surface area (Å²) in [6, 6.07) is 8.16. The fourth-order valence-electron chi connectivity index (χ4n) is 2.21. The number of nitrogens with zero attached hydrogens (tertiary/aromatic N) is 2. The summed E-state index contributed by atoms with van der Waals surface area (Å²) in [4.78, 5) is 4.57. The van der Waals surface area contributed by atoms with Gasteiger partial charge in [-0.1, -0.05) is 6.07 Å². The van der Waals surface area contributed by atoms with Crippen molar-refractivity contribution in [2.24, 2.45) is 7.05 Å². The number of oxazole rings is 1. The fourth-order valence-corrected chi connectivity index (χ4v) is 2.21. The third kappa shape index (κ3) is 2.63. The predicted molar refractivity (Wildman–Crippen MR) is 70.1 cm³/mol. The maximum absolute atomic E-state index is 5.87. The Labute approximate surface area is 129 Å². The minimum absolute atomic E-state index is 0. The lowest BCUT2D eigenvalue weighted by atomic mass is 10.1. The van der Waals surface area contributed by atoms with Gasteiger partial charge in [-0.25, -0.2) is 9.55 Å². The molecule has 0 spiro atoms. The molecule has 0 atom stereocenters. The SMILES string of the molecule is Cc1cc(C)c2oc(-c3ccc[n+](C)c3)nc2c1.[I-]. The molecule has 0 unspecified atom stereocenters. The molecule has 2 heterocycles. The summed E-state index contributed by atoms with van der Waals surface area (Å²) in [5.41, 5.74) is 5.13. The van der Waals surface area contributed by atoms with Gasteiger partial charge in [-0.3, -0.25) is 0 Å². The molecule has 0 aliphatic rings. The zero-order valence-corrected chi connectivity index (χ0v) is 13.3. The van der Waals surface area contributed by atoms with E-state index in [4.69, 9.17) is 4.42 Å². The van der Waals surface area contributed by atoms with Gasteiger partial charge in [-0.05, 0) is 37.1 Å². The quantitative estimate of drug-likeness (QED) is 0.446. The minimum atomic E-state index is 0. The minimum Gasteiger partial charge on any atom is -1.00 e. The van der Waals surface area contributed by atoms with Crippen LogP contribution in [-0.2, 0) is 7.05 Å². The highest BCUT2D eigenvalue weighted by Gasteiger charge is 2.12. The van der Waals surface area contributed by atoms with E-state index in [0.717, 1.165) is 22.2 Å². The van der Waals surface area contributed by atoms with Gasteiger partial charge in [0.2, 0.25) is 5.89 Å². The van der Waals surface area contributed by atoms with Crippen LogP contribution in [0.15, 0.2) is 41.1 Å². The van der Waals surface area contributed by atoms with Crippen LogP contribution in [0.5, 0.6) is 0 Å². The van der Waals surface area contributed by atoms with Crippen LogP contribution in [0.4, 0.5) is 0 Å². The van der Waals surface area contributed by atoms with Crippen LogP contribution in [-0.4, -0.2) is 4.98 Å². The molecule has 0 aliphatic heterocycles. The van der Waals surface area contributed by atoms with E-state index in [0.29, 0.717) is 5.89 Å². The molecule has 4 heteroatoms. The Hall–Kier alpha value is -1.43. The highest BCUT2D eigenvalue weighted by atomic mass is 127. The molecule has 3 aromatic rings. The van der Waals surface area contributed by atoms with Crippen molar-refractivity contribution in [2.45, 2.75) is 13.8 Å². The number of hydrogen-bond acceptors (Lipinski definition) is 2. The molecule has 3 rings (SSSR count). The number of aryl methyl sites for hydroxylation is 3. The van der Waals surface area contributed by atoms with Gasteiger partial charge in [-0.2, -0.15) is 0 Å². The van der Waals surface area contributed by atoms with Crippen molar-refractivity contribution in [3.05, 3.63) is 47.8 Å². The van der Waals surface area contributed by atoms with Gasteiger partial charge in [0.1, 0.15) is 18.1 Å². The first-order valence-electron chi connectivity index (χ1n) is 5.97. The zero-order chi connectivity index (χ0) is 12.7. The normalized spacial score (nSPS) is 10.5. The maximum Gasteiger partial charge on any atom is 0.233 e. The smallest absolute Gasteiger partial charge is 0.233 e. The van der Waals surface area contributed by atoms with Crippen LogP contribution in [0.2, 0.25) is 0 Å². The Bertz CT molecular complexity index is 734. The number of halogens is 1. The van der Waals surface area contributed by atoms with Gasteiger partial charge >= 0.3 is 0 Å². The van der Waals surface area contributed by atoms with Gasteiger partial charge in [-0.15, -0.1) is 0 Å². The summed E-state index contributed by atoms with van der Waals surface area (Å²) in [7, 11) is 1.99. The van der Waals surface area contributed by atoms with Crippen LogP contribution in [0.3, 0.4) is 0 Å². The van der Waals surface area contributed by atoms with Crippen LogP contribution in [0.1, 0.15) is 11.1 Å². The second-order valence-corrected chi connectivity index (χ2v) is 4.71. The molecular weight excluding hydrogens is 351 g/mol. The third-order valence-electron chi connectivity index (χ3n) is 3.01. The second-order valence-electron chi connectivity index (χ2n) is 4.71. The Balaban J connectivity index is 0.00000133. The summed E-state index contributed by atoms with van der Waals surface area (Å²) in [5.74, 6) is 0.676. The average molecular weight is 366 g/mol. The standard InChI is InChI=1S/C15H15N2O.HI/c1-10-7-11(2)14-13(8-10)16-15(18-14)12-5-4-6-17(3)9-12;/h4-9H,1-3H3;1H/q+1;/p-1. The molecule has 3 nitrogen and oxygen atoms in total. The first-order valence-corrected chi connectivity index (χ1v) is 5.97. The average Bonchev–Trinajstić information content (AvgIpc) is 2.73. The van der Waals surface area contributed by atoms with Crippen molar-refractivity contribution < 1.29 is 33.0 Å². The van der Waals surface area contributed by atoms with E-state index in [1.165, 1.54) is 5.56 Å². The van der Waals surface area contributed by atoms with Crippen molar-refractivity contribution >= 4 is 11.1 Å². The van der Waals surface area contributed by atoms with Gasteiger partial charge in [0.05, 0.1) is 0 Å². The Kier molecular flexibility index (Phi) is 3.89. The van der Waals surface area contributed by atoms with E-state index in [1.54, 1.807) is 0 Å². The third-order valence-corrected chi connectivity index (χ3v) is 3.01. The largest absolute Gasteiger partial charge is 1.00 e. The van der Waals surface area contributed by atoms with Crippen molar-refractivity contribution in [3.8, 4) is 11.5 Å². The first kappa shape index (κ1) is 14.0. The van der Waals surface area contributed by atoms with Crippen molar-refractivity contribution in [1.29, 1.82) is 0 Å². The van der Waals surface area contributed by atoms with Crippen LogP contribution < -0.4 is 28.5 Å². The predicted octanol–water partition coefficient (Wildman–Crippen LogP) is -0.0599. The molecule has 1 aromatic carbocycles. The Morgan fingerprint density at radius 2 is 2.00 bits per heavy atom. The molecular formula is C15H15IN2O. The van der Waals surface area contributed by atoms with Gasteiger partial charge in [0, 0.05) is 6.07 Å².